The lowest BCUT2D eigenvalue weighted by atomic mass is 9.73. The zero-order valence-corrected chi connectivity index (χ0v) is 12.0. The van der Waals surface area contributed by atoms with Crippen LogP contribution in [0.25, 0.3) is 0 Å². The van der Waals surface area contributed by atoms with Crippen molar-refractivity contribution in [2.24, 2.45) is 23.6 Å². The van der Waals surface area contributed by atoms with E-state index in [1.54, 1.807) is 0 Å². The molecule has 18 heavy (non-hydrogen) atoms. The van der Waals surface area contributed by atoms with E-state index in [2.05, 4.69) is 19.3 Å². The summed E-state index contributed by atoms with van der Waals surface area (Å²) in [5.74, 6) is 8.27. The Labute approximate surface area is 112 Å². The average molecular weight is 254 g/mol. The second-order valence-corrected chi connectivity index (χ2v) is 6.66. The maximum absolute atomic E-state index is 5.79. The molecule has 1 aliphatic heterocycles. The van der Waals surface area contributed by atoms with E-state index in [1.165, 1.54) is 44.9 Å². The summed E-state index contributed by atoms with van der Waals surface area (Å²) in [5, 5.41) is 0. The van der Waals surface area contributed by atoms with Gasteiger partial charge in [0.25, 0.3) is 0 Å². The first-order chi connectivity index (χ1) is 8.69. The van der Waals surface area contributed by atoms with Crippen molar-refractivity contribution < 1.29 is 4.74 Å². The van der Waals surface area contributed by atoms with Gasteiger partial charge in [-0.1, -0.05) is 13.8 Å². The summed E-state index contributed by atoms with van der Waals surface area (Å²) in [6, 6.07) is 0.486. The zero-order valence-electron chi connectivity index (χ0n) is 12.0. The molecule has 2 fully saturated rings. The monoisotopic (exact) mass is 254 g/mol. The molecule has 2 aliphatic rings. The first-order valence-electron chi connectivity index (χ1n) is 7.76. The molecule has 0 radical (unpaired) electrons. The summed E-state index contributed by atoms with van der Waals surface area (Å²) in [4.78, 5) is 0. The number of nitrogens with two attached hydrogens (primary N) is 1. The maximum atomic E-state index is 5.79. The van der Waals surface area contributed by atoms with Gasteiger partial charge in [0, 0.05) is 12.6 Å². The van der Waals surface area contributed by atoms with Crippen LogP contribution in [0.3, 0.4) is 0 Å². The molecule has 0 aromatic rings. The molecule has 1 aliphatic carbocycles. The van der Waals surface area contributed by atoms with Gasteiger partial charge in [-0.05, 0) is 62.7 Å². The van der Waals surface area contributed by atoms with Gasteiger partial charge >= 0.3 is 0 Å². The van der Waals surface area contributed by atoms with E-state index in [1.807, 2.05) is 0 Å². The standard InChI is InChI=1S/C15H30N2O/c1-11-8-12(2)10-13(9-11)15(17-16)6-5-14-4-3-7-18-14/h11-15,17H,3-10,16H2,1-2H3. The smallest absolute Gasteiger partial charge is 0.0576 e. The molecular formula is C15H30N2O. The van der Waals surface area contributed by atoms with E-state index >= 15 is 0 Å². The Morgan fingerprint density at radius 1 is 1.22 bits per heavy atom. The largest absolute Gasteiger partial charge is 0.378 e. The van der Waals surface area contributed by atoms with Crippen LogP contribution in [0, 0.1) is 17.8 Å². The minimum absolute atomic E-state index is 0.486. The van der Waals surface area contributed by atoms with Crippen molar-refractivity contribution >= 4 is 0 Å². The summed E-state index contributed by atoms with van der Waals surface area (Å²) in [6.07, 6.45) is 9.39. The number of hydrazine groups is 1. The van der Waals surface area contributed by atoms with Gasteiger partial charge in [0.05, 0.1) is 6.10 Å². The van der Waals surface area contributed by atoms with Crippen molar-refractivity contribution in [3.05, 3.63) is 0 Å². The Hall–Kier alpha value is -0.120. The predicted molar refractivity (Wildman–Crippen MR) is 75.0 cm³/mol. The lowest BCUT2D eigenvalue weighted by Crippen LogP contribution is -2.43. The van der Waals surface area contributed by atoms with Crippen molar-refractivity contribution in [1.82, 2.24) is 5.43 Å². The third-order valence-electron chi connectivity index (χ3n) is 4.82. The first kappa shape index (κ1) is 14.3. The number of rotatable bonds is 5. The third-order valence-corrected chi connectivity index (χ3v) is 4.82. The highest BCUT2D eigenvalue weighted by molar-refractivity contribution is 4.83. The Bertz CT molecular complexity index is 231. The maximum Gasteiger partial charge on any atom is 0.0576 e. The Morgan fingerprint density at radius 2 is 1.94 bits per heavy atom. The fraction of sp³-hybridized carbons (Fsp3) is 1.00. The molecule has 0 amide bonds. The SMILES string of the molecule is CC1CC(C)CC(C(CCC2CCCO2)NN)C1. The van der Waals surface area contributed by atoms with Crippen LogP contribution in [0.2, 0.25) is 0 Å². The molecule has 4 unspecified atom stereocenters. The third kappa shape index (κ3) is 3.94. The van der Waals surface area contributed by atoms with Crippen LogP contribution < -0.4 is 11.3 Å². The molecule has 1 saturated heterocycles. The minimum Gasteiger partial charge on any atom is -0.378 e. The van der Waals surface area contributed by atoms with Crippen LogP contribution in [-0.2, 0) is 4.74 Å². The van der Waals surface area contributed by atoms with Crippen molar-refractivity contribution in [3.8, 4) is 0 Å². The molecular weight excluding hydrogens is 224 g/mol. The van der Waals surface area contributed by atoms with Gasteiger partial charge < -0.3 is 4.74 Å². The summed E-state index contributed by atoms with van der Waals surface area (Å²) >= 11 is 0. The topological polar surface area (TPSA) is 47.3 Å². The lowest BCUT2D eigenvalue weighted by Gasteiger charge is -2.36. The Balaban J connectivity index is 1.79. The normalized spacial score (nSPS) is 38.8. The summed E-state index contributed by atoms with van der Waals surface area (Å²) in [6.45, 7) is 5.73. The van der Waals surface area contributed by atoms with E-state index in [0.717, 1.165) is 24.4 Å². The van der Waals surface area contributed by atoms with Crippen LogP contribution in [-0.4, -0.2) is 18.8 Å². The van der Waals surface area contributed by atoms with Crippen LogP contribution in [0.15, 0.2) is 0 Å². The fourth-order valence-corrected chi connectivity index (χ4v) is 4.03. The summed E-state index contributed by atoms with van der Waals surface area (Å²) in [5.41, 5.74) is 3.08. The number of nitrogens with one attached hydrogen (secondary N) is 1. The second kappa shape index (κ2) is 6.88. The lowest BCUT2D eigenvalue weighted by molar-refractivity contribution is 0.0919. The first-order valence-corrected chi connectivity index (χ1v) is 7.76. The predicted octanol–water partition coefficient (Wildman–Crippen LogP) is 2.85. The van der Waals surface area contributed by atoms with Gasteiger partial charge in [0.15, 0.2) is 0 Å². The van der Waals surface area contributed by atoms with E-state index in [0.29, 0.717) is 12.1 Å². The van der Waals surface area contributed by atoms with Crippen molar-refractivity contribution in [2.75, 3.05) is 6.61 Å². The number of hydrogen-bond acceptors (Lipinski definition) is 3. The van der Waals surface area contributed by atoms with Crippen molar-refractivity contribution in [3.63, 3.8) is 0 Å². The molecule has 2 rings (SSSR count). The molecule has 1 heterocycles. The highest BCUT2D eigenvalue weighted by atomic mass is 16.5. The molecule has 3 N–H and O–H groups in total. The molecule has 0 spiro atoms. The molecule has 0 aromatic carbocycles. The fourth-order valence-electron chi connectivity index (χ4n) is 4.03. The van der Waals surface area contributed by atoms with Gasteiger partial charge in [-0.15, -0.1) is 0 Å². The van der Waals surface area contributed by atoms with E-state index in [9.17, 15) is 0 Å². The minimum atomic E-state index is 0.486. The molecule has 106 valence electrons. The van der Waals surface area contributed by atoms with Crippen molar-refractivity contribution in [1.29, 1.82) is 0 Å². The van der Waals surface area contributed by atoms with Gasteiger partial charge in [0.1, 0.15) is 0 Å². The van der Waals surface area contributed by atoms with E-state index in [4.69, 9.17) is 10.6 Å². The summed E-state index contributed by atoms with van der Waals surface area (Å²) in [7, 11) is 0. The van der Waals surface area contributed by atoms with Gasteiger partial charge in [-0.25, -0.2) is 0 Å². The zero-order chi connectivity index (χ0) is 13.0. The number of ether oxygens (including phenoxy) is 1. The van der Waals surface area contributed by atoms with Crippen LogP contribution in [0.1, 0.15) is 58.8 Å². The van der Waals surface area contributed by atoms with Gasteiger partial charge in [0.2, 0.25) is 0 Å². The molecule has 0 bridgehead atoms. The summed E-state index contributed by atoms with van der Waals surface area (Å²) < 4.78 is 5.71. The molecule has 4 atom stereocenters. The van der Waals surface area contributed by atoms with Gasteiger partial charge in [-0.2, -0.15) is 0 Å². The molecule has 0 aromatic heterocycles. The van der Waals surface area contributed by atoms with Gasteiger partial charge in [-0.3, -0.25) is 11.3 Å². The second-order valence-electron chi connectivity index (χ2n) is 6.66. The van der Waals surface area contributed by atoms with Crippen LogP contribution in [0.5, 0.6) is 0 Å². The Kier molecular flexibility index (Phi) is 5.46. The molecule has 3 heteroatoms. The highest BCUT2D eigenvalue weighted by Crippen LogP contribution is 2.36. The number of hydrogen-bond donors (Lipinski definition) is 2. The highest BCUT2D eigenvalue weighted by Gasteiger charge is 2.30. The molecule has 3 nitrogen and oxygen atoms in total. The quantitative estimate of drug-likeness (QED) is 0.586. The van der Waals surface area contributed by atoms with Crippen LogP contribution in [0.4, 0.5) is 0 Å². The van der Waals surface area contributed by atoms with Crippen molar-refractivity contribution in [2.45, 2.75) is 70.9 Å². The Morgan fingerprint density at radius 3 is 2.50 bits per heavy atom. The van der Waals surface area contributed by atoms with E-state index < -0.39 is 0 Å². The molecule has 1 saturated carbocycles. The van der Waals surface area contributed by atoms with E-state index in [-0.39, 0.29) is 0 Å². The van der Waals surface area contributed by atoms with Crippen LogP contribution >= 0.6 is 0 Å². The average Bonchev–Trinajstić information content (AvgIpc) is 2.81.